The van der Waals surface area contributed by atoms with Gasteiger partial charge in [0.1, 0.15) is 5.60 Å². The molecule has 146 valence electrons. The van der Waals surface area contributed by atoms with Gasteiger partial charge in [-0.3, -0.25) is 9.11 Å². The maximum atomic E-state index is 11.9. The van der Waals surface area contributed by atoms with Crippen LogP contribution >= 0.6 is 0 Å². The average Bonchev–Trinajstić information content (AvgIpc) is 3.02. The first-order chi connectivity index (χ1) is 11.8. The van der Waals surface area contributed by atoms with E-state index in [1.165, 1.54) is 4.68 Å². The van der Waals surface area contributed by atoms with Gasteiger partial charge < -0.3 is 15.0 Å². The fraction of sp³-hybridized carbons (Fsp3) is 0.500. The summed E-state index contributed by atoms with van der Waals surface area (Å²) in [5.74, 6) is 0. The van der Waals surface area contributed by atoms with Crippen LogP contribution < -0.4 is 5.32 Å². The molecule has 0 aliphatic carbocycles. The van der Waals surface area contributed by atoms with Crippen LogP contribution in [0.25, 0.3) is 5.57 Å². The van der Waals surface area contributed by atoms with E-state index >= 15 is 0 Å². The number of ether oxygens (including phenoxy) is 1. The molecule has 2 bridgehead atoms. The van der Waals surface area contributed by atoms with Gasteiger partial charge in [-0.25, -0.2) is 9.59 Å². The van der Waals surface area contributed by atoms with E-state index in [0.717, 1.165) is 11.1 Å². The summed E-state index contributed by atoms with van der Waals surface area (Å²) in [5, 5.41) is 6.96. The molecule has 0 radical (unpaired) electrons. The molecule has 3 heterocycles. The summed E-state index contributed by atoms with van der Waals surface area (Å²) in [7, 11) is -4.67. The SMILES string of the molecule is CC(C)(C)OC(=O)n1cc(C2=CCN3CC2NC3=O)cn1.O=S(=O)(O)O.[NaH]. The van der Waals surface area contributed by atoms with E-state index in [1.807, 2.05) is 26.8 Å². The van der Waals surface area contributed by atoms with Gasteiger partial charge in [0.05, 0.1) is 12.2 Å². The fourth-order valence-electron chi connectivity index (χ4n) is 2.47. The van der Waals surface area contributed by atoms with E-state index in [1.54, 1.807) is 17.3 Å². The van der Waals surface area contributed by atoms with Crippen LogP contribution in [0.2, 0.25) is 0 Å². The Hall–Kier alpha value is -1.44. The third-order valence-corrected chi connectivity index (χ3v) is 3.39. The predicted molar refractivity (Wildman–Crippen MR) is 97.1 cm³/mol. The Morgan fingerprint density at radius 1 is 1.37 bits per heavy atom. The van der Waals surface area contributed by atoms with Crippen molar-refractivity contribution in [2.45, 2.75) is 32.4 Å². The van der Waals surface area contributed by atoms with Crippen molar-refractivity contribution in [1.82, 2.24) is 20.0 Å². The molecule has 11 nitrogen and oxygen atoms in total. The molecule has 13 heteroatoms. The van der Waals surface area contributed by atoms with E-state index in [4.69, 9.17) is 22.3 Å². The van der Waals surface area contributed by atoms with Gasteiger partial charge in [0.15, 0.2) is 0 Å². The number of hydrogen-bond donors (Lipinski definition) is 3. The van der Waals surface area contributed by atoms with Crippen molar-refractivity contribution in [2.75, 3.05) is 13.1 Å². The van der Waals surface area contributed by atoms with Gasteiger partial charge in [-0.05, 0) is 26.3 Å². The van der Waals surface area contributed by atoms with E-state index in [9.17, 15) is 9.59 Å². The molecule has 2 aliphatic heterocycles. The normalized spacial score (nSPS) is 18.6. The minimum atomic E-state index is -4.67. The van der Waals surface area contributed by atoms with Crippen molar-refractivity contribution < 1.29 is 31.8 Å². The molecule has 0 saturated carbocycles. The molecule has 3 rings (SSSR count). The van der Waals surface area contributed by atoms with Gasteiger partial charge in [0.25, 0.3) is 0 Å². The zero-order valence-corrected chi connectivity index (χ0v) is 15.2. The maximum absolute atomic E-state index is 11.9. The standard InChI is InChI=1S/C14H18N4O3.Na.H2O4S.H/c1-14(2,3)21-13(20)18-7-9(6-15-18)10-4-5-17-8-11(10)16-12(17)19;;1-5(2,3)4;/h4,6-7,11H,5,8H2,1-3H3,(H,16,19);;(H2,1,2,3,4);. The van der Waals surface area contributed by atoms with Crippen LogP contribution in [-0.2, 0) is 15.1 Å². The summed E-state index contributed by atoms with van der Waals surface area (Å²) in [4.78, 5) is 25.3. The first-order valence-electron chi connectivity index (χ1n) is 7.57. The van der Waals surface area contributed by atoms with Crippen LogP contribution in [0.1, 0.15) is 26.3 Å². The summed E-state index contributed by atoms with van der Waals surface area (Å²) in [6.45, 7) is 6.66. The zero-order valence-electron chi connectivity index (χ0n) is 14.4. The van der Waals surface area contributed by atoms with Crippen molar-refractivity contribution in [1.29, 1.82) is 0 Å². The molecule has 1 aromatic heterocycles. The monoisotopic (exact) mass is 412 g/mol. The van der Waals surface area contributed by atoms with Gasteiger partial charge in [-0.1, -0.05) is 6.08 Å². The first-order valence-corrected chi connectivity index (χ1v) is 8.97. The van der Waals surface area contributed by atoms with Crippen LogP contribution in [0.4, 0.5) is 9.59 Å². The molecule has 1 unspecified atom stereocenters. The second-order valence-electron chi connectivity index (χ2n) is 6.67. The molecule has 2 aliphatic rings. The van der Waals surface area contributed by atoms with Crippen molar-refractivity contribution in [2.24, 2.45) is 0 Å². The second kappa shape index (κ2) is 8.71. The van der Waals surface area contributed by atoms with Gasteiger partial charge in [0, 0.05) is 24.8 Å². The Labute approximate surface area is 178 Å². The van der Waals surface area contributed by atoms with E-state index < -0.39 is 22.1 Å². The Kier molecular flexibility index (Phi) is 7.61. The number of carbonyl (C=O) groups excluding carboxylic acids is 2. The molecule has 1 atom stereocenters. The molecular formula is C14H21N4NaO7S. The minimum absolute atomic E-state index is 0. The Bertz CT molecular complexity index is 836. The number of nitrogens with one attached hydrogen (secondary N) is 1. The Morgan fingerprint density at radius 3 is 2.52 bits per heavy atom. The van der Waals surface area contributed by atoms with Crippen LogP contribution in [0, 0.1) is 0 Å². The van der Waals surface area contributed by atoms with Crippen LogP contribution in [0.15, 0.2) is 18.5 Å². The number of amides is 2. The van der Waals surface area contributed by atoms with E-state index in [2.05, 4.69) is 10.4 Å². The zero-order chi connectivity index (χ0) is 19.7. The third-order valence-electron chi connectivity index (χ3n) is 3.39. The van der Waals surface area contributed by atoms with Gasteiger partial charge in [-0.2, -0.15) is 18.2 Å². The number of fused-ring (bicyclic) bond motifs is 2. The summed E-state index contributed by atoms with van der Waals surface area (Å²) in [6.07, 6.45) is 4.74. The molecule has 1 fully saturated rings. The molecule has 1 saturated heterocycles. The molecule has 0 spiro atoms. The molecule has 0 aromatic carbocycles. The molecule has 2 amide bonds. The van der Waals surface area contributed by atoms with Gasteiger partial charge >= 0.3 is 52.1 Å². The summed E-state index contributed by atoms with van der Waals surface area (Å²) in [6, 6.07) is -0.0895. The number of carbonyl (C=O) groups is 2. The van der Waals surface area contributed by atoms with Crippen LogP contribution in [-0.4, -0.2) is 98.6 Å². The van der Waals surface area contributed by atoms with Crippen molar-refractivity contribution >= 4 is 57.7 Å². The van der Waals surface area contributed by atoms with E-state index in [0.29, 0.717) is 13.1 Å². The van der Waals surface area contributed by atoms with Gasteiger partial charge in [0.2, 0.25) is 0 Å². The number of aromatic nitrogens is 2. The summed E-state index contributed by atoms with van der Waals surface area (Å²) >= 11 is 0. The number of rotatable bonds is 1. The Balaban J connectivity index is 0.000000542. The van der Waals surface area contributed by atoms with Crippen LogP contribution in [0.5, 0.6) is 0 Å². The molecule has 1 aromatic rings. The van der Waals surface area contributed by atoms with Gasteiger partial charge in [-0.15, -0.1) is 0 Å². The number of hydrogen-bond acceptors (Lipinski definition) is 6. The van der Waals surface area contributed by atoms with Crippen molar-refractivity contribution in [3.63, 3.8) is 0 Å². The number of urea groups is 1. The molecule has 27 heavy (non-hydrogen) atoms. The average molecular weight is 412 g/mol. The predicted octanol–water partition coefficient (Wildman–Crippen LogP) is 0.156. The number of nitrogens with zero attached hydrogens (tertiary/aromatic N) is 3. The first kappa shape index (κ1) is 23.6. The van der Waals surface area contributed by atoms with Crippen LogP contribution in [0.3, 0.4) is 0 Å². The van der Waals surface area contributed by atoms with Crippen molar-refractivity contribution in [3.8, 4) is 0 Å². The second-order valence-corrected chi connectivity index (χ2v) is 7.56. The quantitative estimate of drug-likeness (QED) is 0.436. The fourth-order valence-corrected chi connectivity index (χ4v) is 2.47. The molecule has 3 N–H and O–H groups in total. The van der Waals surface area contributed by atoms with Crippen molar-refractivity contribution in [3.05, 3.63) is 24.0 Å². The third kappa shape index (κ3) is 7.24. The summed E-state index contributed by atoms with van der Waals surface area (Å²) in [5.41, 5.74) is 1.26. The Morgan fingerprint density at radius 2 is 1.96 bits per heavy atom. The van der Waals surface area contributed by atoms with E-state index in [-0.39, 0.29) is 41.6 Å². The molecular weight excluding hydrogens is 391 g/mol. The topological polar surface area (TPSA) is 151 Å². The summed E-state index contributed by atoms with van der Waals surface area (Å²) < 4.78 is 38.0.